The maximum atomic E-state index is 5.64. The van der Waals surface area contributed by atoms with E-state index in [2.05, 4.69) is 41.9 Å². The zero-order valence-electron chi connectivity index (χ0n) is 6.76. The zero-order chi connectivity index (χ0) is 8.43. The van der Waals surface area contributed by atoms with Gasteiger partial charge >= 0.3 is 0 Å². The van der Waals surface area contributed by atoms with Crippen molar-refractivity contribution in [2.75, 3.05) is 0 Å². The fraction of sp³-hybridized carbons (Fsp3) is 0.333. The van der Waals surface area contributed by atoms with E-state index in [1.54, 1.807) is 0 Å². The molecule has 2 radical (unpaired) electrons. The maximum Gasteiger partial charge on any atom is 0.115 e. The van der Waals surface area contributed by atoms with Gasteiger partial charge in [0.2, 0.25) is 0 Å². The van der Waals surface area contributed by atoms with Crippen LogP contribution >= 0.6 is 15.9 Å². The van der Waals surface area contributed by atoms with Crippen LogP contribution in [0.4, 0.5) is 0 Å². The summed E-state index contributed by atoms with van der Waals surface area (Å²) < 4.78 is 0.990. The Morgan fingerprint density at radius 2 is 2.00 bits per heavy atom. The van der Waals surface area contributed by atoms with Gasteiger partial charge in [-0.05, 0) is 17.5 Å². The fourth-order valence-electron chi connectivity index (χ4n) is 0.903. The molecule has 0 bridgehead atoms. The molecule has 1 aromatic carbocycles. The molecule has 1 rings (SSSR count). The van der Waals surface area contributed by atoms with Gasteiger partial charge in [-0.2, -0.15) is 0 Å². The number of halogens is 1. The minimum atomic E-state index is 0.562. The Labute approximate surface area is 77.5 Å². The van der Waals surface area contributed by atoms with Crippen LogP contribution in [-0.4, -0.2) is 7.85 Å². The highest BCUT2D eigenvalue weighted by Crippen LogP contribution is 2.16. The van der Waals surface area contributed by atoms with Crippen LogP contribution in [-0.2, 0) is 0 Å². The summed E-state index contributed by atoms with van der Waals surface area (Å²) in [5.41, 5.74) is 2.11. The molecular formula is C9H10BBr. The van der Waals surface area contributed by atoms with Gasteiger partial charge in [-0.15, -0.1) is 0 Å². The summed E-state index contributed by atoms with van der Waals surface area (Å²) in [6.07, 6.45) is 0. The minimum Gasteiger partial charge on any atom is -0.0827 e. The smallest absolute Gasteiger partial charge is 0.0827 e. The summed E-state index contributed by atoms with van der Waals surface area (Å²) in [5.74, 6) is 0.562. The lowest BCUT2D eigenvalue weighted by atomic mass is 9.93. The molecule has 0 N–H and O–H groups in total. The third-order valence-corrected chi connectivity index (χ3v) is 2.38. The molecule has 1 aromatic rings. The maximum absolute atomic E-state index is 5.64. The van der Waals surface area contributed by atoms with Gasteiger partial charge in [0.25, 0.3) is 0 Å². The van der Waals surface area contributed by atoms with Gasteiger partial charge in [0.1, 0.15) is 7.85 Å². The molecule has 2 heteroatoms. The average Bonchev–Trinajstić information content (AvgIpc) is 1.94. The Balaban J connectivity index is 3.05. The summed E-state index contributed by atoms with van der Waals surface area (Å²) in [7, 11) is 5.64. The van der Waals surface area contributed by atoms with E-state index in [-0.39, 0.29) is 0 Å². The van der Waals surface area contributed by atoms with Gasteiger partial charge in [0.15, 0.2) is 0 Å². The van der Waals surface area contributed by atoms with Crippen LogP contribution in [0.5, 0.6) is 0 Å². The predicted molar refractivity (Wildman–Crippen MR) is 53.6 cm³/mol. The first-order valence-electron chi connectivity index (χ1n) is 3.66. The number of benzene rings is 1. The first-order chi connectivity index (χ1) is 5.11. The van der Waals surface area contributed by atoms with Crippen molar-refractivity contribution in [1.82, 2.24) is 0 Å². The van der Waals surface area contributed by atoms with Gasteiger partial charge < -0.3 is 0 Å². The summed E-state index contributed by atoms with van der Waals surface area (Å²) in [5, 5.41) is 0. The average molecular weight is 209 g/mol. The lowest BCUT2D eigenvalue weighted by Crippen LogP contribution is -2.04. The van der Waals surface area contributed by atoms with E-state index in [4.69, 9.17) is 7.85 Å². The first-order valence-corrected chi connectivity index (χ1v) is 4.45. The van der Waals surface area contributed by atoms with Crippen molar-refractivity contribution >= 4 is 29.2 Å². The molecule has 0 aliphatic carbocycles. The second-order valence-electron chi connectivity index (χ2n) is 2.94. The van der Waals surface area contributed by atoms with E-state index in [1.807, 2.05) is 6.07 Å². The molecule has 0 amide bonds. The Morgan fingerprint density at radius 1 is 1.36 bits per heavy atom. The van der Waals surface area contributed by atoms with Gasteiger partial charge in [-0.1, -0.05) is 47.4 Å². The SMILES string of the molecule is [B]c1ccc(C(C)C)cc1Br. The van der Waals surface area contributed by atoms with Crippen LogP contribution in [0.3, 0.4) is 0 Å². The van der Waals surface area contributed by atoms with Crippen molar-refractivity contribution in [2.24, 2.45) is 0 Å². The summed E-state index contributed by atoms with van der Waals surface area (Å²) >= 11 is 3.39. The van der Waals surface area contributed by atoms with Gasteiger partial charge in [-0.25, -0.2) is 0 Å². The highest BCUT2D eigenvalue weighted by atomic mass is 79.9. The molecule has 0 unspecified atom stereocenters. The van der Waals surface area contributed by atoms with Crippen molar-refractivity contribution in [3.63, 3.8) is 0 Å². The standard InChI is InChI=1S/C9H10BBr/c1-6(2)7-3-4-8(10)9(11)5-7/h3-6H,1-2H3. The van der Waals surface area contributed by atoms with Crippen molar-refractivity contribution in [2.45, 2.75) is 19.8 Å². The largest absolute Gasteiger partial charge is 0.115 e. The lowest BCUT2D eigenvalue weighted by Gasteiger charge is -2.06. The van der Waals surface area contributed by atoms with E-state index >= 15 is 0 Å². The highest BCUT2D eigenvalue weighted by molar-refractivity contribution is 9.10. The minimum absolute atomic E-state index is 0.562. The Kier molecular flexibility index (Phi) is 2.77. The topological polar surface area (TPSA) is 0 Å². The number of hydrogen-bond donors (Lipinski definition) is 0. The molecule has 0 saturated heterocycles. The Morgan fingerprint density at radius 3 is 2.45 bits per heavy atom. The molecule has 0 aliphatic rings. The Bertz CT molecular complexity index is 256. The third-order valence-electron chi connectivity index (χ3n) is 1.69. The van der Waals surface area contributed by atoms with E-state index in [0.717, 1.165) is 9.94 Å². The van der Waals surface area contributed by atoms with Crippen LogP contribution in [0.25, 0.3) is 0 Å². The van der Waals surface area contributed by atoms with Crippen LogP contribution in [0.2, 0.25) is 0 Å². The normalized spacial score (nSPS) is 10.5. The number of rotatable bonds is 1. The highest BCUT2D eigenvalue weighted by Gasteiger charge is 1.99. The van der Waals surface area contributed by atoms with Crippen molar-refractivity contribution < 1.29 is 0 Å². The van der Waals surface area contributed by atoms with Crippen molar-refractivity contribution in [3.8, 4) is 0 Å². The molecule has 11 heavy (non-hydrogen) atoms. The van der Waals surface area contributed by atoms with Gasteiger partial charge in [0.05, 0.1) is 0 Å². The predicted octanol–water partition coefficient (Wildman–Crippen LogP) is 2.37. The van der Waals surface area contributed by atoms with Crippen LogP contribution in [0.1, 0.15) is 25.3 Å². The molecule has 0 atom stereocenters. The quantitative estimate of drug-likeness (QED) is 0.622. The van der Waals surface area contributed by atoms with Crippen LogP contribution in [0.15, 0.2) is 22.7 Å². The lowest BCUT2D eigenvalue weighted by molar-refractivity contribution is 0.866. The molecular weight excluding hydrogens is 199 g/mol. The van der Waals surface area contributed by atoms with E-state index in [9.17, 15) is 0 Å². The molecule has 0 nitrogen and oxygen atoms in total. The molecule has 0 fully saturated rings. The molecule has 0 saturated carbocycles. The molecule has 0 aliphatic heterocycles. The first kappa shape index (κ1) is 8.86. The van der Waals surface area contributed by atoms with E-state index in [0.29, 0.717) is 5.92 Å². The molecule has 0 aromatic heterocycles. The van der Waals surface area contributed by atoms with E-state index in [1.165, 1.54) is 5.56 Å². The second kappa shape index (κ2) is 3.44. The monoisotopic (exact) mass is 208 g/mol. The van der Waals surface area contributed by atoms with Crippen LogP contribution < -0.4 is 5.46 Å². The van der Waals surface area contributed by atoms with E-state index < -0.39 is 0 Å². The summed E-state index contributed by atoms with van der Waals surface area (Å²) in [6.45, 7) is 4.33. The van der Waals surface area contributed by atoms with Gasteiger partial charge in [-0.3, -0.25) is 0 Å². The third kappa shape index (κ3) is 2.09. The van der Waals surface area contributed by atoms with Crippen molar-refractivity contribution in [1.29, 1.82) is 0 Å². The Hall–Kier alpha value is -0.235. The summed E-state index contributed by atoms with van der Waals surface area (Å²) in [4.78, 5) is 0. The fourth-order valence-corrected chi connectivity index (χ4v) is 1.30. The van der Waals surface area contributed by atoms with Crippen molar-refractivity contribution in [3.05, 3.63) is 28.2 Å². The van der Waals surface area contributed by atoms with Gasteiger partial charge in [0, 0.05) is 4.47 Å². The van der Waals surface area contributed by atoms with Crippen LogP contribution in [0, 0.1) is 0 Å². The zero-order valence-corrected chi connectivity index (χ0v) is 8.35. The number of hydrogen-bond acceptors (Lipinski definition) is 0. The molecule has 0 spiro atoms. The summed E-state index contributed by atoms with van der Waals surface area (Å²) in [6, 6.07) is 6.06. The molecule has 56 valence electrons. The second-order valence-corrected chi connectivity index (χ2v) is 3.79. The molecule has 0 heterocycles.